The number of anilines is 1. The molecular weight excluding hydrogens is 226 g/mol. The van der Waals surface area contributed by atoms with Gasteiger partial charge in [0.15, 0.2) is 0 Å². The van der Waals surface area contributed by atoms with Gasteiger partial charge in [0, 0.05) is 11.4 Å². The summed E-state index contributed by atoms with van der Waals surface area (Å²) in [6.07, 6.45) is 1.56. The van der Waals surface area contributed by atoms with E-state index in [9.17, 15) is 4.79 Å². The second kappa shape index (κ2) is 4.42. The maximum Gasteiger partial charge on any atom is 0.276 e. The van der Waals surface area contributed by atoms with E-state index >= 15 is 0 Å². The molecule has 2 heterocycles. The third-order valence-electron chi connectivity index (χ3n) is 1.89. The summed E-state index contributed by atoms with van der Waals surface area (Å²) >= 11 is 1.38. The van der Waals surface area contributed by atoms with E-state index in [1.54, 1.807) is 17.6 Å². The topological polar surface area (TPSA) is 96.7 Å². The lowest BCUT2D eigenvalue weighted by Gasteiger charge is -1.99. The molecule has 0 fully saturated rings. The van der Waals surface area contributed by atoms with Crippen molar-refractivity contribution in [1.82, 2.24) is 15.2 Å². The second-order valence-electron chi connectivity index (χ2n) is 3.28. The van der Waals surface area contributed by atoms with Gasteiger partial charge in [-0.05, 0) is 6.92 Å². The molecule has 2 aromatic heterocycles. The Morgan fingerprint density at radius 1 is 1.69 bits per heavy atom. The predicted octanol–water partition coefficient (Wildman–Crippen LogP) is 1.14. The molecular formula is C9H11N5OS. The number of H-pyrrole nitrogens is 1. The van der Waals surface area contributed by atoms with Crippen molar-refractivity contribution in [2.75, 3.05) is 5.32 Å². The Kier molecular flexibility index (Phi) is 2.97. The number of nitrogens with zero attached hydrogens (tertiary/aromatic N) is 2. The summed E-state index contributed by atoms with van der Waals surface area (Å²) in [5, 5.41) is 11.4. The van der Waals surface area contributed by atoms with Crippen LogP contribution in [0.4, 0.5) is 5.82 Å². The fraction of sp³-hybridized carbons (Fsp3) is 0.222. The van der Waals surface area contributed by atoms with Gasteiger partial charge in [0.1, 0.15) is 16.5 Å². The van der Waals surface area contributed by atoms with Crippen LogP contribution in [0, 0.1) is 0 Å². The van der Waals surface area contributed by atoms with E-state index in [0.29, 0.717) is 11.5 Å². The summed E-state index contributed by atoms with van der Waals surface area (Å²) in [5.41, 5.74) is 6.03. The maximum atomic E-state index is 11.7. The van der Waals surface area contributed by atoms with Crippen LogP contribution in [-0.4, -0.2) is 21.1 Å². The molecule has 16 heavy (non-hydrogen) atoms. The van der Waals surface area contributed by atoms with E-state index in [0.717, 1.165) is 5.01 Å². The Labute approximate surface area is 95.9 Å². The summed E-state index contributed by atoms with van der Waals surface area (Å²) in [7, 11) is 0. The van der Waals surface area contributed by atoms with Crippen molar-refractivity contribution in [2.24, 2.45) is 5.73 Å². The monoisotopic (exact) mass is 237 g/mol. The summed E-state index contributed by atoms with van der Waals surface area (Å²) in [5.74, 6) is 0.271. The molecule has 84 valence electrons. The van der Waals surface area contributed by atoms with Gasteiger partial charge in [0.25, 0.3) is 5.91 Å². The van der Waals surface area contributed by atoms with E-state index in [1.165, 1.54) is 11.3 Å². The lowest BCUT2D eigenvalue weighted by atomic mass is 10.4. The fourth-order valence-electron chi connectivity index (χ4n) is 1.11. The van der Waals surface area contributed by atoms with E-state index in [2.05, 4.69) is 20.5 Å². The predicted molar refractivity (Wildman–Crippen MR) is 61.3 cm³/mol. The normalized spacial score (nSPS) is 12.4. The van der Waals surface area contributed by atoms with Crippen LogP contribution in [0.25, 0.3) is 0 Å². The van der Waals surface area contributed by atoms with Crippen LogP contribution in [0.1, 0.15) is 28.5 Å². The molecule has 0 aromatic carbocycles. The molecule has 1 unspecified atom stereocenters. The lowest BCUT2D eigenvalue weighted by molar-refractivity contribution is 0.102. The second-order valence-corrected chi connectivity index (χ2v) is 4.17. The van der Waals surface area contributed by atoms with Crippen molar-refractivity contribution >= 4 is 23.1 Å². The number of aromatic amines is 1. The van der Waals surface area contributed by atoms with Crippen LogP contribution in [0.15, 0.2) is 17.6 Å². The van der Waals surface area contributed by atoms with Crippen molar-refractivity contribution in [2.45, 2.75) is 13.0 Å². The van der Waals surface area contributed by atoms with Gasteiger partial charge in [-0.25, -0.2) is 4.98 Å². The third kappa shape index (κ3) is 2.26. The van der Waals surface area contributed by atoms with Gasteiger partial charge in [-0.15, -0.1) is 11.3 Å². The highest BCUT2D eigenvalue weighted by atomic mass is 32.1. The molecule has 4 N–H and O–H groups in total. The molecule has 2 rings (SSSR count). The van der Waals surface area contributed by atoms with Crippen LogP contribution in [0.2, 0.25) is 0 Å². The zero-order valence-electron chi connectivity index (χ0n) is 8.60. The zero-order valence-corrected chi connectivity index (χ0v) is 9.41. The number of carbonyl (C=O) groups is 1. The lowest BCUT2D eigenvalue weighted by Crippen LogP contribution is -2.13. The number of nitrogens with two attached hydrogens (primary N) is 1. The van der Waals surface area contributed by atoms with Gasteiger partial charge >= 0.3 is 0 Å². The standard InChI is InChI=1S/C9H11N5OS/c1-5(10)9-12-6(4-16-9)8(15)13-7-2-3-11-14-7/h2-5H,10H2,1H3,(H2,11,13,14,15). The Morgan fingerprint density at radius 3 is 3.06 bits per heavy atom. The molecule has 0 aliphatic carbocycles. The molecule has 0 saturated carbocycles. The van der Waals surface area contributed by atoms with Gasteiger partial charge in [-0.1, -0.05) is 0 Å². The Hall–Kier alpha value is -1.73. The van der Waals surface area contributed by atoms with Crippen LogP contribution < -0.4 is 11.1 Å². The molecule has 1 amide bonds. The number of rotatable bonds is 3. The van der Waals surface area contributed by atoms with Gasteiger partial charge in [-0.2, -0.15) is 5.10 Å². The SMILES string of the molecule is CC(N)c1nc(C(=O)Nc2ccn[nH]2)cs1. The minimum absolute atomic E-state index is 0.154. The molecule has 1 atom stereocenters. The quantitative estimate of drug-likeness (QED) is 0.745. The minimum atomic E-state index is -0.271. The van der Waals surface area contributed by atoms with E-state index in [1.807, 2.05) is 6.92 Å². The van der Waals surface area contributed by atoms with Gasteiger partial charge in [0.05, 0.1) is 12.2 Å². The van der Waals surface area contributed by atoms with Crippen molar-refractivity contribution in [3.63, 3.8) is 0 Å². The zero-order chi connectivity index (χ0) is 11.5. The summed E-state index contributed by atoms with van der Waals surface area (Å²) in [6, 6.07) is 1.51. The molecule has 0 radical (unpaired) electrons. The molecule has 2 aromatic rings. The maximum absolute atomic E-state index is 11.7. The van der Waals surface area contributed by atoms with Crippen LogP contribution in [0.3, 0.4) is 0 Å². The smallest absolute Gasteiger partial charge is 0.276 e. The number of nitrogens with one attached hydrogen (secondary N) is 2. The Balaban J connectivity index is 2.09. The molecule has 0 saturated heterocycles. The number of carbonyl (C=O) groups excluding carboxylic acids is 1. The van der Waals surface area contributed by atoms with Crippen LogP contribution in [0.5, 0.6) is 0 Å². The highest BCUT2D eigenvalue weighted by molar-refractivity contribution is 7.09. The average molecular weight is 237 g/mol. The van der Waals surface area contributed by atoms with Crippen molar-refractivity contribution < 1.29 is 4.79 Å². The summed E-state index contributed by atoms with van der Waals surface area (Å²) in [4.78, 5) is 15.8. The Morgan fingerprint density at radius 2 is 2.50 bits per heavy atom. The van der Waals surface area contributed by atoms with E-state index in [4.69, 9.17) is 5.73 Å². The summed E-state index contributed by atoms with van der Waals surface area (Å²) < 4.78 is 0. The molecule has 0 spiro atoms. The van der Waals surface area contributed by atoms with Crippen LogP contribution >= 0.6 is 11.3 Å². The summed E-state index contributed by atoms with van der Waals surface area (Å²) in [6.45, 7) is 1.83. The van der Waals surface area contributed by atoms with Crippen LogP contribution in [-0.2, 0) is 0 Å². The highest BCUT2D eigenvalue weighted by Gasteiger charge is 2.13. The van der Waals surface area contributed by atoms with Crippen molar-refractivity contribution in [3.05, 3.63) is 28.3 Å². The number of amides is 1. The molecule has 0 aliphatic heterocycles. The Bertz CT molecular complexity index is 476. The van der Waals surface area contributed by atoms with Gasteiger partial charge in [-0.3, -0.25) is 9.89 Å². The first-order chi connectivity index (χ1) is 7.66. The minimum Gasteiger partial charge on any atom is -0.322 e. The highest BCUT2D eigenvalue weighted by Crippen LogP contribution is 2.16. The number of hydrogen-bond acceptors (Lipinski definition) is 5. The largest absolute Gasteiger partial charge is 0.322 e. The van der Waals surface area contributed by atoms with Gasteiger partial charge < -0.3 is 11.1 Å². The first-order valence-corrected chi connectivity index (χ1v) is 5.56. The molecule has 6 nitrogen and oxygen atoms in total. The van der Waals surface area contributed by atoms with Gasteiger partial charge in [0.2, 0.25) is 0 Å². The molecule has 7 heteroatoms. The van der Waals surface area contributed by atoms with Crippen molar-refractivity contribution in [3.8, 4) is 0 Å². The number of aromatic nitrogens is 3. The van der Waals surface area contributed by atoms with E-state index < -0.39 is 0 Å². The molecule has 0 aliphatic rings. The average Bonchev–Trinajstić information content (AvgIpc) is 2.86. The van der Waals surface area contributed by atoms with Crippen molar-refractivity contribution in [1.29, 1.82) is 0 Å². The number of thiazole rings is 1. The third-order valence-corrected chi connectivity index (χ3v) is 2.94. The fourth-order valence-corrected chi connectivity index (χ4v) is 1.87. The van der Waals surface area contributed by atoms with E-state index in [-0.39, 0.29) is 11.9 Å². The number of hydrogen-bond donors (Lipinski definition) is 3. The molecule has 0 bridgehead atoms. The first-order valence-electron chi connectivity index (χ1n) is 4.68. The first kappa shape index (κ1) is 10.8.